The van der Waals surface area contributed by atoms with Crippen molar-refractivity contribution in [2.75, 3.05) is 34.4 Å². The average molecular weight is 923 g/mol. The van der Waals surface area contributed by atoms with Crippen LogP contribution in [0, 0.1) is 23.7 Å². The SMILES string of the molecule is C=CCO[C@]1(C)C[C@@H](C)C(=O)[C@H](C)[C@H]2N(CC=C)C(=O)O[C@]2(C)C(CC)OC(=O)[C@H](C)C(O[C@H]2C[C@@](C)(OC)[C@@H](OC(C)=O)[C@H](C)O2)[C@H](C)[C@H]1O[C@@H]1O[C@H](C)C[C@H](N(C)C)[C@H]1OC(C)=O. The zero-order valence-corrected chi connectivity index (χ0v) is 41.5. The van der Waals surface area contributed by atoms with Crippen LogP contribution in [0.4, 0.5) is 4.79 Å². The van der Waals surface area contributed by atoms with Crippen molar-refractivity contribution in [2.45, 2.75) is 193 Å². The number of likely N-dealkylation sites (N-methyl/N-ethyl adjacent to an activating group) is 1. The molecule has 0 radical (unpaired) electrons. The summed E-state index contributed by atoms with van der Waals surface area (Å²) in [5.74, 6) is -5.27. The van der Waals surface area contributed by atoms with Gasteiger partial charge >= 0.3 is 24.0 Å². The zero-order chi connectivity index (χ0) is 48.9. The molecule has 65 heavy (non-hydrogen) atoms. The number of esters is 3. The molecule has 1 amide bonds. The van der Waals surface area contributed by atoms with Gasteiger partial charge in [-0.25, -0.2) is 4.79 Å². The van der Waals surface area contributed by atoms with Crippen molar-refractivity contribution < 1.29 is 71.3 Å². The van der Waals surface area contributed by atoms with Gasteiger partial charge in [0.15, 0.2) is 30.4 Å². The van der Waals surface area contributed by atoms with E-state index in [0.29, 0.717) is 6.42 Å². The molecule has 2 unspecified atom stereocenters. The normalized spacial score (nSPS) is 42.0. The van der Waals surface area contributed by atoms with E-state index < -0.39 is 120 Å². The molecule has 4 saturated heterocycles. The third-order valence-corrected chi connectivity index (χ3v) is 14.0. The fourth-order valence-electron chi connectivity index (χ4n) is 10.8. The Morgan fingerprint density at radius 1 is 0.862 bits per heavy atom. The van der Waals surface area contributed by atoms with Crippen LogP contribution in [-0.2, 0) is 66.5 Å². The number of hydrogen-bond donors (Lipinski definition) is 0. The van der Waals surface area contributed by atoms with Crippen molar-refractivity contribution in [1.82, 2.24) is 9.80 Å². The van der Waals surface area contributed by atoms with Gasteiger partial charge in [-0.3, -0.25) is 24.1 Å². The molecule has 0 aromatic heterocycles. The van der Waals surface area contributed by atoms with E-state index in [0.717, 1.165) is 0 Å². The van der Waals surface area contributed by atoms with Crippen LogP contribution < -0.4 is 0 Å². The van der Waals surface area contributed by atoms with Gasteiger partial charge in [-0.05, 0) is 74.9 Å². The predicted molar refractivity (Wildman–Crippen MR) is 238 cm³/mol. The molecule has 0 saturated carbocycles. The average Bonchev–Trinajstić information content (AvgIpc) is 3.49. The summed E-state index contributed by atoms with van der Waals surface area (Å²) < 4.78 is 64.2. The Morgan fingerprint density at radius 2 is 1.51 bits per heavy atom. The van der Waals surface area contributed by atoms with E-state index >= 15 is 0 Å². The highest BCUT2D eigenvalue weighted by Crippen LogP contribution is 2.45. The summed E-state index contributed by atoms with van der Waals surface area (Å²) in [6.45, 7) is 28.5. The number of nitrogens with zero attached hydrogens (tertiary/aromatic N) is 2. The number of Topliss-reactive ketones (excluding diaryl/α,β-unsaturated/α-hetero) is 1. The van der Waals surface area contributed by atoms with Gasteiger partial charge in [-0.1, -0.05) is 39.8 Å². The lowest BCUT2D eigenvalue weighted by Crippen LogP contribution is -2.62. The summed E-state index contributed by atoms with van der Waals surface area (Å²) in [5.41, 5.74) is -3.88. The quantitative estimate of drug-likeness (QED) is 0.116. The molecule has 4 fully saturated rings. The van der Waals surface area contributed by atoms with Gasteiger partial charge in [0, 0.05) is 51.7 Å². The number of ether oxygens (including phenoxy) is 10. The van der Waals surface area contributed by atoms with Gasteiger partial charge in [0.1, 0.15) is 17.5 Å². The van der Waals surface area contributed by atoms with Crippen molar-refractivity contribution in [3.8, 4) is 0 Å². The molecule has 0 spiro atoms. The number of amides is 1. The molecule has 17 nitrogen and oxygen atoms in total. The molecule has 0 aromatic carbocycles. The summed E-state index contributed by atoms with van der Waals surface area (Å²) in [7, 11) is 5.30. The molecule has 0 bridgehead atoms. The maximum Gasteiger partial charge on any atom is 0.411 e. The monoisotopic (exact) mass is 923 g/mol. The fourth-order valence-corrected chi connectivity index (χ4v) is 10.8. The minimum atomic E-state index is -1.45. The van der Waals surface area contributed by atoms with E-state index in [-0.39, 0.29) is 50.3 Å². The summed E-state index contributed by atoms with van der Waals surface area (Å²) in [5, 5.41) is 0. The molecule has 0 aliphatic carbocycles. The van der Waals surface area contributed by atoms with Gasteiger partial charge in [0.25, 0.3) is 0 Å². The smallest absolute Gasteiger partial charge is 0.411 e. The highest BCUT2D eigenvalue weighted by atomic mass is 16.7. The summed E-state index contributed by atoms with van der Waals surface area (Å²) >= 11 is 0. The van der Waals surface area contributed by atoms with Crippen molar-refractivity contribution in [1.29, 1.82) is 0 Å². The van der Waals surface area contributed by atoms with Crippen LogP contribution in [0.1, 0.15) is 109 Å². The van der Waals surface area contributed by atoms with Crippen molar-refractivity contribution in [3.05, 3.63) is 25.3 Å². The number of carbonyl (C=O) groups excluding carboxylic acids is 5. The second-order valence-corrected chi connectivity index (χ2v) is 19.5. The lowest BCUT2D eigenvalue weighted by Gasteiger charge is -2.50. The third kappa shape index (κ3) is 11.8. The van der Waals surface area contributed by atoms with Crippen molar-refractivity contribution >= 4 is 29.8 Å². The van der Waals surface area contributed by atoms with E-state index in [9.17, 15) is 24.0 Å². The first-order valence-electron chi connectivity index (χ1n) is 23.1. The Hall–Kier alpha value is -3.45. The molecule has 4 aliphatic rings. The van der Waals surface area contributed by atoms with Gasteiger partial charge in [-0.2, -0.15) is 0 Å². The molecular weight excluding hydrogens is 845 g/mol. The van der Waals surface area contributed by atoms with Crippen LogP contribution in [-0.4, -0.2) is 158 Å². The lowest BCUT2D eigenvalue weighted by molar-refractivity contribution is -0.321. The summed E-state index contributed by atoms with van der Waals surface area (Å²) in [4.78, 5) is 72.0. The molecule has 18 atom stereocenters. The molecule has 4 heterocycles. The van der Waals surface area contributed by atoms with Crippen LogP contribution in [0.5, 0.6) is 0 Å². The van der Waals surface area contributed by atoms with Crippen LogP contribution in [0.3, 0.4) is 0 Å². The number of fused-ring (bicyclic) bond motifs is 1. The van der Waals surface area contributed by atoms with Crippen LogP contribution in [0.25, 0.3) is 0 Å². The Kier molecular flexibility index (Phi) is 18.4. The Balaban J connectivity index is 1.99. The Bertz CT molecular complexity index is 1710. The largest absolute Gasteiger partial charge is 0.458 e. The predicted octanol–water partition coefficient (Wildman–Crippen LogP) is 5.79. The van der Waals surface area contributed by atoms with Gasteiger partial charge < -0.3 is 52.3 Å². The zero-order valence-electron chi connectivity index (χ0n) is 41.5. The standard InChI is InChI=1S/C48H78N2O15/c1-18-21-50-40-28(6)37(53)26(4)24-47(13,57-22-19-2)41(64-44-39(60-32(10)51)34(49(15)16)23-27(5)58-44)29(7)38(30(8)43(54)62-35(20-3)48(40,14)65-45(50)55)63-36-25-46(12,56-17)42(31(9)59-36)61-33(11)52/h18-19,26-31,34-36,38-42,44H,1-2,20-25H2,3-17H3/t26-,27-,28+,29+,30-,31+,34+,35?,36+,38?,39-,40-,41-,42+,44+,46-,47-,48-/m1/s1. The topological polar surface area (TPSA) is 184 Å². The number of ketones is 1. The molecule has 4 rings (SSSR count). The maximum absolute atomic E-state index is 15.0. The first-order valence-corrected chi connectivity index (χ1v) is 23.1. The van der Waals surface area contributed by atoms with E-state index in [1.165, 1.54) is 25.9 Å². The van der Waals surface area contributed by atoms with E-state index in [1.807, 2.05) is 53.6 Å². The molecule has 0 aromatic rings. The number of hydrogen-bond acceptors (Lipinski definition) is 16. The second-order valence-electron chi connectivity index (χ2n) is 19.5. The highest BCUT2D eigenvalue weighted by molar-refractivity contribution is 5.85. The van der Waals surface area contributed by atoms with Crippen molar-refractivity contribution in [3.63, 3.8) is 0 Å². The molecule has 4 aliphatic heterocycles. The van der Waals surface area contributed by atoms with Crippen LogP contribution in [0.2, 0.25) is 0 Å². The minimum absolute atomic E-state index is 0.0413. The Labute approximate surface area is 386 Å². The maximum atomic E-state index is 15.0. The van der Waals surface area contributed by atoms with Gasteiger partial charge in [0.05, 0.1) is 54.6 Å². The fraction of sp³-hybridized carbons (Fsp3) is 0.812. The first kappa shape index (κ1) is 54.2. The van der Waals surface area contributed by atoms with Crippen LogP contribution in [0.15, 0.2) is 25.3 Å². The number of carbonyl (C=O) groups is 5. The number of rotatable bonds is 14. The lowest BCUT2D eigenvalue weighted by atomic mass is 9.73. The second kappa shape index (κ2) is 22.1. The minimum Gasteiger partial charge on any atom is -0.458 e. The Morgan fingerprint density at radius 3 is 2.06 bits per heavy atom. The summed E-state index contributed by atoms with van der Waals surface area (Å²) in [6, 6.07) is -1.16. The van der Waals surface area contributed by atoms with Gasteiger partial charge in [-0.15, -0.1) is 13.2 Å². The molecular formula is C48H78N2O15. The van der Waals surface area contributed by atoms with Gasteiger partial charge in [0.2, 0.25) is 0 Å². The van der Waals surface area contributed by atoms with Crippen LogP contribution >= 0.6 is 0 Å². The molecule has 370 valence electrons. The molecule has 0 N–H and O–H groups in total. The third-order valence-electron chi connectivity index (χ3n) is 14.0. The number of cyclic esters (lactones) is 1. The van der Waals surface area contributed by atoms with E-state index in [4.69, 9.17) is 47.4 Å². The van der Waals surface area contributed by atoms with E-state index in [1.54, 1.807) is 46.8 Å². The highest BCUT2D eigenvalue weighted by Gasteiger charge is 2.61. The summed E-state index contributed by atoms with van der Waals surface area (Å²) in [6.07, 6.45) is -4.57. The van der Waals surface area contributed by atoms with E-state index in [2.05, 4.69) is 13.2 Å². The van der Waals surface area contributed by atoms with Crippen molar-refractivity contribution in [2.24, 2.45) is 23.7 Å². The molecule has 17 heteroatoms. The number of methoxy groups -OCH3 is 1. The first-order chi connectivity index (χ1) is 30.3.